The van der Waals surface area contributed by atoms with Gasteiger partial charge in [0.05, 0.1) is 0 Å². The van der Waals surface area contributed by atoms with Gasteiger partial charge in [0.2, 0.25) is 9.04 Å². The fraction of sp³-hybridized carbons (Fsp3) is 0. The highest BCUT2D eigenvalue weighted by Gasteiger charge is 2.00. The van der Waals surface area contributed by atoms with Gasteiger partial charge in [0.15, 0.2) is 0 Å². The first kappa shape index (κ1) is 17.2. The van der Waals surface area contributed by atoms with Crippen LogP contribution < -0.4 is 0 Å². The highest BCUT2D eigenvalue weighted by atomic mass is 28.3. The van der Waals surface area contributed by atoms with Crippen molar-refractivity contribution in [2.45, 2.75) is 0 Å². The summed E-state index contributed by atoms with van der Waals surface area (Å²) in [5, 5.41) is 0. The Morgan fingerprint density at radius 2 is 1.00 bits per heavy atom. The predicted molar refractivity (Wildman–Crippen MR) is 109 cm³/mol. The van der Waals surface area contributed by atoms with Gasteiger partial charge in [0.25, 0.3) is 0 Å². The van der Waals surface area contributed by atoms with E-state index in [0.29, 0.717) is 0 Å². The van der Waals surface area contributed by atoms with Crippen LogP contribution in [0, 0.1) is 0 Å². The second kappa shape index (κ2) is 9.05. The molecule has 0 unspecified atom stereocenters. The minimum Gasteiger partial charge on any atom is -0.460 e. The van der Waals surface area contributed by atoms with Crippen LogP contribution in [0.4, 0.5) is 0 Å². The molecule has 3 heteroatoms. The second-order valence-electron chi connectivity index (χ2n) is 5.10. The Bertz CT molecular complexity index is 620. The van der Waals surface area contributed by atoms with Crippen molar-refractivity contribution in [3.05, 3.63) is 95.3 Å². The molecular formula is C20H22OSi2. The molecule has 0 bridgehead atoms. The quantitative estimate of drug-likeness (QED) is 0.518. The Morgan fingerprint density at radius 3 is 1.09 bits per heavy atom. The van der Waals surface area contributed by atoms with Gasteiger partial charge in [-0.05, 0) is 22.3 Å². The van der Waals surface area contributed by atoms with E-state index in [0.717, 1.165) is 10.5 Å². The largest absolute Gasteiger partial charge is 0.460 e. The summed E-state index contributed by atoms with van der Waals surface area (Å²) in [7, 11) is -0.271. The van der Waals surface area contributed by atoms with Crippen LogP contribution in [0.2, 0.25) is 0 Å². The standard InChI is InChI=1S/2C8H6.C4H10OSi2/c2*1-2-4-8-6-5-7(8)3-1;1-3-7(4-2)5-6/h2*1-6H;3-4,7H,1-2H2,6H3. The van der Waals surface area contributed by atoms with Crippen molar-refractivity contribution in [1.29, 1.82) is 0 Å². The van der Waals surface area contributed by atoms with Crippen LogP contribution >= 0.6 is 0 Å². The van der Waals surface area contributed by atoms with E-state index in [-0.39, 0.29) is 0 Å². The fourth-order valence-corrected chi connectivity index (χ4v) is 3.82. The van der Waals surface area contributed by atoms with Crippen LogP contribution in [0.3, 0.4) is 0 Å². The molecule has 2 aromatic rings. The lowest BCUT2D eigenvalue weighted by Crippen LogP contribution is -2.08. The van der Waals surface area contributed by atoms with Crippen LogP contribution in [-0.4, -0.2) is 19.5 Å². The number of rotatable bonds is 3. The summed E-state index contributed by atoms with van der Waals surface area (Å²) in [6.07, 6.45) is 8.48. The van der Waals surface area contributed by atoms with Gasteiger partial charge in [-0.15, -0.1) is 13.2 Å². The summed E-state index contributed by atoms with van der Waals surface area (Å²) in [5.74, 6) is 0. The van der Waals surface area contributed by atoms with Gasteiger partial charge in [-0.1, -0.05) is 84.2 Å². The molecular weight excluding hydrogens is 312 g/mol. The Morgan fingerprint density at radius 1 is 0.696 bits per heavy atom. The molecule has 0 N–H and O–H groups in total. The van der Waals surface area contributed by atoms with Gasteiger partial charge in [0, 0.05) is 0 Å². The highest BCUT2D eigenvalue weighted by Crippen LogP contribution is 2.22. The number of benzene rings is 2. The molecule has 0 atom stereocenters. The van der Waals surface area contributed by atoms with Crippen LogP contribution in [0.1, 0.15) is 22.3 Å². The third kappa shape index (κ3) is 4.89. The molecule has 0 fully saturated rings. The number of fused-ring (bicyclic) bond motifs is 2. The first-order valence-corrected chi connectivity index (χ1v) is 10.2. The summed E-state index contributed by atoms with van der Waals surface area (Å²) in [6.45, 7) is 7.18. The van der Waals surface area contributed by atoms with Crippen molar-refractivity contribution >= 4 is 43.8 Å². The lowest BCUT2D eigenvalue weighted by atomic mass is 9.99. The molecule has 2 aromatic carbocycles. The minimum atomic E-state index is -1.08. The molecule has 2 aliphatic rings. The Balaban J connectivity index is 0.000000126. The van der Waals surface area contributed by atoms with E-state index in [1.807, 2.05) is 11.4 Å². The maximum Gasteiger partial charge on any atom is 0.212 e. The zero-order valence-corrected chi connectivity index (χ0v) is 16.6. The molecule has 0 aromatic heterocycles. The molecule has 0 heterocycles. The van der Waals surface area contributed by atoms with Crippen molar-refractivity contribution in [2.24, 2.45) is 0 Å². The molecule has 0 amide bonds. The summed E-state index contributed by atoms with van der Waals surface area (Å²) < 4.78 is 5.09. The topological polar surface area (TPSA) is 9.23 Å². The van der Waals surface area contributed by atoms with Crippen LogP contribution in [0.25, 0.3) is 24.3 Å². The maximum atomic E-state index is 5.09. The number of hydrogen-bond donors (Lipinski definition) is 0. The lowest BCUT2D eigenvalue weighted by Gasteiger charge is -2.06. The van der Waals surface area contributed by atoms with Crippen molar-refractivity contribution in [3.63, 3.8) is 0 Å². The first-order chi connectivity index (χ1) is 11.3. The van der Waals surface area contributed by atoms with Crippen molar-refractivity contribution in [2.75, 3.05) is 0 Å². The van der Waals surface area contributed by atoms with Gasteiger partial charge in [-0.25, -0.2) is 0 Å². The predicted octanol–water partition coefficient (Wildman–Crippen LogP) is 3.80. The van der Waals surface area contributed by atoms with E-state index in [4.69, 9.17) is 4.12 Å². The monoisotopic (exact) mass is 334 g/mol. The average molecular weight is 335 g/mol. The summed E-state index contributed by atoms with van der Waals surface area (Å²) in [6, 6.07) is 16.7. The zero-order valence-electron chi connectivity index (χ0n) is 13.5. The Kier molecular flexibility index (Phi) is 6.75. The minimum absolute atomic E-state index is 0.811. The summed E-state index contributed by atoms with van der Waals surface area (Å²) >= 11 is 0. The van der Waals surface area contributed by atoms with E-state index in [2.05, 4.69) is 86.0 Å². The molecule has 0 saturated heterocycles. The van der Waals surface area contributed by atoms with Gasteiger partial charge >= 0.3 is 0 Å². The zero-order chi connectivity index (χ0) is 16.5. The second-order valence-corrected chi connectivity index (χ2v) is 8.85. The molecule has 0 saturated carbocycles. The summed E-state index contributed by atoms with van der Waals surface area (Å²) in [4.78, 5) is 0. The molecule has 0 aliphatic heterocycles. The normalized spacial score (nSPS) is 11.5. The van der Waals surface area contributed by atoms with Crippen LogP contribution in [-0.2, 0) is 4.12 Å². The van der Waals surface area contributed by atoms with E-state index < -0.39 is 9.04 Å². The summed E-state index contributed by atoms with van der Waals surface area (Å²) in [5.41, 5.74) is 9.19. The van der Waals surface area contributed by atoms with Gasteiger partial charge < -0.3 is 4.12 Å². The molecule has 1 nitrogen and oxygen atoms in total. The maximum absolute atomic E-state index is 5.09. The van der Waals surface area contributed by atoms with E-state index in [9.17, 15) is 0 Å². The van der Waals surface area contributed by atoms with Crippen molar-refractivity contribution in [3.8, 4) is 0 Å². The smallest absolute Gasteiger partial charge is 0.212 e. The third-order valence-electron chi connectivity index (χ3n) is 3.61. The van der Waals surface area contributed by atoms with Crippen LogP contribution in [0.15, 0.2) is 73.1 Å². The van der Waals surface area contributed by atoms with E-state index in [1.54, 1.807) is 0 Å². The first-order valence-electron chi connectivity index (χ1n) is 7.60. The Hall–Kier alpha value is -2.21. The molecule has 23 heavy (non-hydrogen) atoms. The SMILES string of the molecule is C1=Cc2ccccc21.C1=Cc2ccccc21.C=C[SiH](C=C)O[SiH3]. The van der Waals surface area contributed by atoms with Crippen molar-refractivity contribution < 1.29 is 4.12 Å². The number of hydrogen-bond acceptors (Lipinski definition) is 1. The average Bonchev–Trinajstić information content (AvgIpc) is 2.53. The van der Waals surface area contributed by atoms with E-state index in [1.165, 1.54) is 22.3 Å². The highest BCUT2D eigenvalue weighted by molar-refractivity contribution is 6.65. The Labute approximate surface area is 143 Å². The fourth-order valence-electron chi connectivity index (χ4n) is 2.08. The van der Waals surface area contributed by atoms with Crippen LogP contribution in [0.5, 0.6) is 0 Å². The van der Waals surface area contributed by atoms with Gasteiger partial charge in [0.1, 0.15) is 10.5 Å². The molecule has 0 spiro atoms. The van der Waals surface area contributed by atoms with Gasteiger partial charge in [-0.3, -0.25) is 0 Å². The molecule has 116 valence electrons. The molecule has 2 aliphatic carbocycles. The third-order valence-corrected chi connectivity index (χ3v) is 6.72. The lowest BCUT2D eigenvalue weighted by molar-refractivity contribution is 0.659. The molecule has 4 rings (SSSR count). The van der Waals surface area contributed by atoms with Crippen molar-refractivity contribution in [1.82, 2.24) is 0 Å². The van der Waals surface area contributed by atoms with Gasteiger partial charge in [-0.2, -0.15) is 0 Å². The van der Waals surface area contributed by atoms with E-state index >= 15 is 0 Å². The molecule has 0 radical (unpaired) electrons.